The Balaban J connectivity index is 1.63. The topological polar surface area (TPSA) is 78.7 Å². The van der Waals surface area contributed by atoms with E-state index in [4.69, 9.17) is 5.11 Å². The monoisotopic (exact) mass is 334 g/mol. The summed E-state index contributed by atoms with van der Waals surface area (Å²) < 4.78 is 1.94. The number of amides is 1. The van der Waals surface area contributed by atoms with Gasteiger partial charge in [-0.1, -0.05) is 0 Å². The van der Waals surface area contributed by atoms with E-state index >= 15 is 0 Å². The van der Waals surface area contributed by atoms with Crippen molar-refractivity contribution in [1.29, 1.82) is 0 Å². The van der Waals surface area contributed by atoms with Crippen molar-refractivity contribution in [1.82, 2.24) is 19.6 Å². The normalized spacial score (nSPS) is 24.1. The zero-order valence-electron chi connectivity index (χ0n) is 14.2. The summed E-state index contributed by atoms with van der Waals surface area (Å²) in [5.74, 6) is -0.447. The number of piperidine rings is 1. The summed E-state index contributed by atoms with van der Waals surface area (Å²) >= 11 is 0. The number of nitrogens with zero attached hydrogens (tertiary/aromatic N) is 4. The second-order valence-electron chi connectivity index (χ2n) is 6.86. The number of carboxylic acids is 1. The molecule has 1 unspecified atom stereocenters. The second-order valence-corrected chi connectivity index (χ2v) is 6.86. The molecule has 2 aliphatic heterocycles. The fourth-order valence-corrected chi connectivity index (χ4v) is 4.04. The average Bonchev–Trinajstić information content (AvgIpc) is 2.91. The molecule has 1 aromatic heterocycles. The van der Waals surface area contributed by atoms with Crippen LogP contribution >= 0.6 is 0 Å². The molecule has 0 bridgehead atoms. The van der Waals surface area contributed by atoms with Crippen LogP contribution in [-0.2, 0) is 16.6 Å². The smallest absolute Gasteiger partial charge is 0.323 e. The predicted molar refractivity (Wildman–Crippen MR) is 88.6 cm³/mol. The van der Waals surface area contributed by atoms with Gasteiger partial charge in [0.1, 0.15) is 6.54 Å². The van der Waals surface area contributed by atoms with Crippen LogP contribution in [0.2, 0.25) is 0 Å². The molecule has 0 aromatic carbocycles. The van der Waals surface area contributed by atoms with Gasteiger partial charge in [0.05, 0.1) is 6.04 Å². The van der Waals surface area contributed by atoms with E-state index in [1.54, 1.807) is 0 Å². The standard InChI is InChI=1S/C17H26N4O3/c1-19-14(5-8-18-19)13-6-10-20(11-7-13)15-4-2-3-9-21(17(15)24)12-16(22)23/h5,8,13,15H,2-4,6-7,9-12H2,1H3,(H,22,23). The van der Waals surface area contributed by atoms with Gasteiger partial charge < -0.3 is 10.0 Å². The van der Waals surface area contributed by atoms with Crippen molar-refractivity contribution in [3.05, 3.63) is 18.0 Å². The molecule has 3 heterocycles. The average molecular weight is 334 g/mol. The molecule has 0 saturated carbocycles. The van der Waals surface area contributed by atoms with Gasteiger partial charge in [-0.2, -0.15) is 5.10 Å². The molecule has 3 rings (SSSR count). The zero-order valence-corrected chi connectivity index (χ0v) is 14.2. The molecule has 1 N–H and O–H groups in total. The first-order valence-corrected chi connectivity index (χ1v) is 8.79. The maximum atomic E-state index is 12.8. The molecule has 7 heteroatoms. The number of carbonyl (C=O) groups excluding carboxylic acids is 1. The number of aliphatic carboxylic acids is 1. The highest BCUT2D eigenvalue weighted by Crippen LogP contribution is 2.30. The largest absolute Gasteiger partial charge is 0.480 e. The van der Waals surface area contributed by atoms with Gasteiger partial charge in [0.15, 0.2) is 0 Å². The maximum Gasteiger partial charge on any atom is 0.323 e. The van der Waals surface area contributed by atoms with Gasteiger partial charge in [-0.05, 0) is 51.3 Å². The lowest BCUT2D eigenvalue weighted by Gasteiger charge is -2.37. The van der Waals surface area contributed by atoms with E-state index in [1.165, 1.54) is 10.6 Å². The Hall–Kier alpha value is -1.89. The van der Waals surface area contributed by atoms with Crippen LogP contribution in [0.4, 0.5) is 0 Å². The van der Waals surface area contributed by atoms with Crippen molar-refractivity contribution in [3.63, 3.8) is 0 Å². The maximum absolute atomic E-state index is 12.8. The van der Waals surface area contributed by atoms with E-state index in [0.717, 1.165) is 45.2 Å². The van der Waals surface area contributed by atoms with Gasteiger partial charge in [0.25, 0.3) is 0 Å². The molecule has 0 spiro atoms. The number of carbonyl (C=O) groups is 2. The Kier molecular flexibility index (Phi) is 5.18. The Morgan fingerprint density at radius 1 is 1.25 bits per heavy atom. The van der Waals surface area contributed by atoms with E-state index in [0.29, 0.717) is 12.5 Å². The molecule has 7 nitrogen and oxygen atoms in total. The molecular weight excluding hydrogens is 308 g/mol. The minimum atomic E-state index is -0.932. The SMILES string of the molecule is Cn1nccc1C1CCN(C2CCCCN(CC(=O)O)C2=O)CC1. The Morgan fingerprint density at radius 3 is 2.62 bits per heavy atom. The van der Waals surface area contributed by atoms with Crippen LogP contribution in [0.25, 0.3) is 0 Å². The number of aryl methyl sites for hydroxylation is 1. The molecule has 1 aromatic rings. The van der Waals surface area contributed by atoms with Crippen molar-refractivity contribution in [2.24, 2.45) is 7.05 Å². The molecular formula is C17H26N4O3. The highest BCUT2D eigenvalue weighted by molar-refractivity contribution is 5.85. The summed E-state index contributed by atoms with van der Waals surface area (Å²) in [4.78, 5) is 27.5. The number of rotatable bonds is 4. The van der Waals surface area contributed by atoms with Crippen molar-refractivity contribution in [2.75, 3.05) is 26.2 Å². The first-order valence-electron chi connectivity index (χ1n) is 8.79. The predicted octanol–water partition coefficient (Wildman–Crippen LogP) is 1.07. The summed E-state index contributed by atoms with van der Waals surface area (Å²) in [6.07, 6.45) is 6.57. The fourth-order valence-electron chi connectivity index (χ4n) is 4.04. The van der Waals surface area contributed by atoms with E-state index in [-0.39, 0.29) is 18.5 Å². The fraction of sp³-hybridized carbons (Fsp3) is 0.706. The lowest BCUT2D eigenvalue weighted by molar-refractivity contribution is -0.146. The molecule has 132 valence electrons. The molecule has 0 aliphatic carbocycles. The third kappa shape index (κ3) is 3.61. The molecule has 2 saturated heterocycles. The molecule has 2 aliphatic rings. The van der Waals surface area contributed by atoms with E-state index in [1.807, 2.05) is 17.9 Å². The lowest BCUT2D eigenvalue weighted by atomic mass is 9.92. The third-order valence-corrected chi connectivity index (χ3v) is 5.33. The van der Waals surface area contributed by atoms with E-state index < -0.39 is 5.97 Å². The number of likely N-dealkylation sites (tertiary alicyclic amines) is 2. The van der Waals surface area contributed by atoms with Crippen LogP contribution in [0, 0.1) is 0 Å². The first kappa shape index (κ1) is 17.0. The highest BCUT2D eigenvalue weighted by Gasteiger charge is 2.35. The lowest BCUT2D eigenvalue weighted by Crippen LogP contribution is -2.51. The minimum Gasteiger partial charge on any atom is -0.480 e. The molecule has 2 fully saturated rings. The van der Waals surface area contributed by atoms with Crippen LogP contribution in [0.1, 0.15) is 43.7 Å². The van der Waals surface area contributed by atoms with Crippen molar-refractivity contribution < 1.29 is 14.7 Å². The van der Waals surface area contributed by atoms with Crippen LogP contribution in [0.5, 0.6) is 0 Å². The Labute approximate surface area is 142 Å². The van der Waals surface area contributed by atoms with Crippen molar-refractivity contribution in [3.8, 4) is 0 Å². The van der Waals surface area contributed by atoms with Gasteiger partial charge in [0, 0.05) is 31.4 Å². The number of aromatic nitrogens is 2. The number of hydrogen-bond donors (Lipinski definition) is 1. The quantitative estimate of drug-likeness (QED) is 0.891. The third-order valence-electron chi connectivity index (χ3n) is 5.33. The van der Waals surface area contributed by atoms with Gasteiger partial charge in [-0.25, -0.2) is 0 Å². The van der Waals surface area contributed by atoms with Gasteiger partial charge in [0.2, 0.25) is 5.91 Å². The zero-order chi connectivity index (χ0) is 17.1. The Bertz CT molecular complexity index is 592. The molecule has 1 amide bonds. The summed E-state index contributed by atoms with van der Waals surface area (Å²) in [5.41, 5.74) is 1.26. The molecule has 0 radical (unpaired) electrons. The summed E-state index contributed by atoms with van der Waals surface area (Å²) in [6.45, 7) is 2.15. The van der Waals surface area contributed by atoms with Crippen LogP contribution in [-0.4, -0.2) is 68.8 Å². The van der Waals surface area contributed by atoms with E-state index in [2.05, 4.69) is 16.1 Å². The molecule has 1 atom stereocenters. The summed E-state index contributed by atoms with van der Waals surface area (Å²) in [6, 6.07) is 1.92. The van der Waals surface area contributed by atoms with E-state index in [9.17, 15) is 9.59 Å². The van der Waals surface area contributed by atoms with Crippen molar-refractivity contribution >= 4 is 11.9 Å². The summed E-state index contributed by atoms with van der Waals surface area (Å²) in [5, 5.41) is 13.3. The van der Waals surface area contributed by atoms with Crippen LogP contribution < -0.4 is 0 Å². The van der Waals surface area contributed by atoms with Gasteiger partial charge in [-0.15, -0.1) is 0 Å². The second kappa shape index (κ2) is 7.34. The van der Waals surface area contributed by atoms with Gasteiger partial charge in [-0.3, -0.25) is 19.2 Å². The Morgan fingerprint density at radius 2 is 2.00 bits per heavy atom. The number of carboxylic acid groups (broad SMARTS) is 1. The summed E-state index contributed by atoms with van der Waals surface area (Å²) in [7, 11) is 1.97. The van der Waals surface area contributed by atoms with Crippen molar-refractivity contribution in [2.45, 2.75) is 44.1 Å². The van der Waals surface area contributed by atoms with Gasteiger partial charge >= 0.3 is 5.97 Å². The van der Waals surface area contributed by atoms with Crippen LogP contribution in [0.15, 0.2) is 12.3 Å². The number of hydrogen-bond acceptors (Lipinski definition) is 4. The highest BCUT2D eigenvalue weighted by atomic mass is 16.4. The first-order chi connectivity index (χ1) is 11.6. The molecule has 24 heavy (non-hydrogen) atoms. The van der Waals surface area contributed by atoms with Crippen LogP contribution in [0.3, 0.4) is 0 Å². The minimum absolute atomic E-state index is 0.00566.